The van der Waals surface area contributed by atoms with Crippen molar-refractivity contribution in [2.75, 3.05) is 19.7 Å². The van der Waals surface area contributed by atoms with Crippen LogP contribution in [0.15, 0.2) is 12.3 Å². The number of hydrogen-bond donors (Lipinski definition) is 1. The summed E-state index contributed by atoms with van der Waals surface area (Å²) in [4.78, 5) is 0. The molecule has 0 fully saturated rings. The third-order valence-electron chi connectivity index (χ3n) is 1.55. The molecule has 0 amide bonds. The van der Waals surface area contributed by atoms with E-state index in [0.717, 1.165) is 18.7 Å². The van der Waals surface area contributed by atoms with E-state index in [9.17, 15) is 0 Å². The van der Waals surface area contributed by atoms with E-state index in [2.05, 4.69) is 22.4 Å². The fraction of sp³-hybridized carbons (Fsp3) is 0.556. The molecular formula is C9H15N3O. The second-order valence-electron chi connectivity index (χ2n) is 2.77. The lowest BCUT2D eigenvalue weighted by molar-refractivity contribution is 0.300. The summed E-state index contributed by atoms with van der Waals surface area (Å²) in [6.45, 7) is 6.46. The number of nitrogens with zero attached hydrogens (tertiary/aromatic N) is 2. The molecule has 0 aliphatic heterocycles. The number of aryl methyl sites for hydroxylation is 1. The van der Waals surface area contributed by atoms with Gasteiger partial charge < -0.3 is 10.1 Å². The molecule has 4 nitrogen and oxygen atoms in total. The van der Waals surface area contributed by atoms with Crippen LogP contribution < -0.4 is 10.1 Å². The van der Waals surface area contributed by atoms with Crippen LogP contribution >= 0.6 is 0 Å². The van der Waals surface area contributed by atoms with Gasteiger partial charge in [0.2, 0.25) is 5.88 Å². The van der Waals surface area contributed by atoms with Crippen molar-refractivity contribution in [1.82, 2.24) is 15.5 Å². The number of nitrogens with one attached hydrogen (secondary N) is 1. The third kappa shape index (κ3) is 3.85. The summed E-state index contributed by atoms with van der Waals surface area (Å²) in [5, 5.41) is 10.8. The molecule has 0 unspecified atom stereocenters. The first kappa shape index (κ1) is 9.92. The summed E-state index contributed by atoms with van der Waals surface area (Å²) >= 11 is 0. The van der Waals surface area contributed by atoms with Crippen LogP contribution in [0.25, 0.3) is 0 Å². The Labute approximate surface area is 78.3 Å². The highest BCUT2D eigenvalue weighted by molar-refractivity contribution is 5.14. The first-order valence-electron chi connectivity index (χ1n) is 4.45. The Morgan fingerprint density at radius 2 is 2.38 bits per heavy atom. The summed E-state index contributed by atoms with van der Waals surface area (Å²) < 4.78 is 5.35. The molecule has 0 spiro atoms. The highest BCUT2D eigenvalue weighted by Gasteiger charge is 1.95. The zero-order chi connectivity index (χ0) is 9.52. The van der Waals surface area contributed by atoms with Crippen LogP contribution in [-0.2, 0) is 0 Å². The Hall–Kier alpha value is -1.16. The minimum Gasteiger partial charge on any atom is -0.475 e. The van der Waals surface area contributed by atoms with Gasteiger partial charge in [-0.05, 0) is 19.0 Å². The zero-order valence-corrected chi connectivity index (χ0v) is 8.08. The van der Waals surface area contributed by atoms with E-state index in [1.807, 2.05) is 13.0 Å². The van der Waals surface area contributed by atoms with Crippen molar-refractivity contribution in [3.63, 3.8) is 0 Å². The normalized spacial score (nSPS) is 10.0. The quantitative estimate of drug-likeness (QED) is 0.682. The van der Waals surface area contributed by atoms with Gasteiger partial charge in [0.1, 0.15) is 6.61 Å². The number of rotatable bonds is 5. The second kappa shape index (κ2) is 5.48. The van der Waals surface area contributed by atoms with Gasteiger partial charge in [0.15, 0.2) is 0 Å². The Morgan fingerprint density at radius 3 is 3.08 bits per heavy atom. The van der Waals surface area contributed by atoms with Crippen LogP contribution in [0.2, 0.25) is 0 Å². The van der Waals surface area contributed by atoms with Crippen LogP contribution in [0.1, 0.15) is 12.5 Å². The average molecular weight is 181 g/mol. The van der Waals surface area contributed by atoms with Gasteiger partial charge in [-0.25, -0.2) is 0 Å². The van der Waals surface area contributed by atoms with Crippen LogP contribution in [-0.4, -0.2) is 29.9 Å². The van der Waals surface area contributed by atoms with E-state index in [1.54, 1.807) is 6.20 Å². The fourth-order valence-electron chi connectivity index (χ4n) is 0.913. The smallest absolute Gasteiger partial charge is 0.233 e. The van der Waals surface area contributed by atoms with Crippen LogP contribution in [0.4, 0.5) is 0 Å². The number of aromatic nitrogens is 2. The largest absolute Gasteiger partial charge is 0.475 e. The van der Waals surface area contributed by atoms with E-state index in [4.69, 9.17) is 4.74 Å². The maximum Gasteiger partial charge on any atom is 0.233 e. The van der Waals surface area contributed by atoms with Crippen molar-refractivity contribution in [3.05, 3.63) is 17.8 Å². The predicted octanol–water partition coefficient (Wildman–Crippen LogP) is 0.773. The topological polar surface area (TPSA) is 47.0 Å². The maximum atomic E-state index is 5.35. The first-order valence-corrected chi connectivity index (χ1v) is 4.45. The van der Waals surface area contributed by atoms with Crippen LogP contribution in [0.5, 0.6) is 5.88 Å². The highest BCUT2D eigenvalue weighted by atomic mass is 16.5. The van der Waals surface area contributed by atoms with E-state index in [-0.39, 0.29) is 0 Å². The van der Waals surface area contributed by atoms with E-state index in [0.29, 0.717) is 12.5 Å². The average Bonchev–Trinajstić information content (AvgIpc) is 2.13. The molecule has 0 saturated heterocycles. The number of likely N-dealkylation sites (N-methyl/N-ethyl adjacent to an activating group) is 1. The Morgan fingerprint density at radius 1 is 1.54 bits per heavy atom. The summed E-state index contributed by atoms with van der Waals surface area (Å²) in [6.07, 6.45) is 1.71. The molecule has 0 aliphatic rings. The summed E-state index contributed by atoms with van der Waals surface area (Å²) in [5.41, 5.74) is 1.06. The van der Waals surface area contributed by atoms with Crippen LogP contribution in [0, 0.1) is 6.92 Å². The van der Waals surface area contributed by atoms with Crippen molar-refractivity contribution in [3.8, 4) is 5.88 Å². The third-order valence-corrected chi connectivity index (χ3v) is 1.55. The first-order chi connectivity index (χ1) is 6.33. The van der Waals surface area contributed by atoms with E-state index in [1.165, 1.54) is 0 Å². The molecule has 13 heavy (non-hydrogen) atoms. The molecule has 0 atom stereocenters. The maximum absolute atomic E-state index is 5.35. The van der Waals surface area contributed by atoms with Gasteiger partial charge in [-0.2, -0.15) is 5.10 Å². The van der Waals surface area contributed by atoms with Crippen molar-refractivity contribution < 1.29 is 4.74 Å². The molecule has 1 aromatic rings. The molecule has 0 saturated carbocycles. The van der Waals surface area contributed by atoms with Gasteiger partial charge in [-0.3, -0.25) is 0 Å². The molecule has 0 bridgehead atoms. The molecule has 1 N–H and O–H groups in total. The minimum absolute atomic E-state index is 0.595. The Kier molecular flexibility index (Phi) is 4.18. The molecule has 4 heteroatoms. The lowest BCUT2D eigenvalue weighted by atomic mass is 10.3. The van der Waals surface area contributed by atoms with Crippen molar-refractivity contribution in [2.24, 2.45) is 0 Å². The van der Waals surface area contributed by atoms with Crippen molar-refractivity contribution >= 4 is 0 Å². The van der Waals surface area contributed by atoms with Crippen LogP contribution in [0.3, 0.4) is 0 Å². The van der Waals surface area contributed by atoms with Crippen molar-refractivity contribution in [2.45, 2.75) is 13.8 Å². The van der Waals surface area contributed by atoms with Gasteiger partial charge in [0, 0.05) is 12.6 Å². The molecule has 0 aliphatic carbocycles. The number of ether oxygens (including phenoxy) is 1. The van der Waals surface area contributed by atoms with E-state index >= 15 is 0 Å². The number of hydrogen-bond acceptors (Lipinski definition) is 4. The van der Waals surface area contributed by atoms with Gasteiger partial charge in [0.05, 0.1) is 6.20 Å². The molecule has 0 aromatic carbocycles. The van der Waals surface area contributed by atoms with Gasteiger partial charge >= 0.3 is 0 Å². The fourth-order valence-corrected chi connectivity index (χ4v) is 0.913. The Balaban J connectivity index is 2.28. The summed E-state index contributed by atoms with van der Waals surface area (Å²) in [6, 6.07) is 1.87. The molecule has 1 aromatic heterocycles. The van der Waals surface area contributed by atoms with Crippen molar-refractivity contribution in [1.29, 1.82) is 0 Å². The molecular weight excluding hydrogens is 166 g/mol. The van der Waals surface area contributed by atoms with Gasteiger partial charge in [-0.1, -0.05) is 6.92 Å². The zero-order valence-electron chi connectivity index (χ0n) is 8.08. The summed E-state index contributed by atoms with van der Waals surface area (Å²) in [5.74, 6) is 0.595. The monoisotopic (exact) mass is 181 g/mol. The predicted molar refractivity (Wildman–Crippen MR) is 50.8 cm³/mol. The molecule has 72 valence electrons. The molecule has 0 radical (unpaired) electrons. The van der Waals surface area contributed by atoms with E-state index < -0.39 is 0 Å². The SMILES string of the molecule is CCNCCOc1cc(C)cnn1. The van der Waals surface area contributed by atoms with Gasteiger partial charge in [-0.15, -0.1) is 5.10 Å². The van der Waals surface area contributed by atoms with Gasteiger partial charge in [0.25, 0.3) is 0 Å². The molecule has 1 heterocycles. The minimum atomic E-state index is 0.595. The lowest BCUT2D eigenvalue weighted by Gasteiger charge is -2.04. The second-order valence-corrected chi connectivity index (χ2v) is 2.77. The summed E-state index contributed by atoms with van der Waals surface area (Å²) in [7, 11) is 0. The lowest BCUT2D eigenvalue weighted by Crippen LogP contribution is -2.20. The highest BCUT2D eigenvalue weighted by Crippen LogP contribution is 2.05. The standard InChI is InChI=1S/C9H15N3O/c1-3-10-4-5-13-9-6-8(2)7-11-12-9/h6-7,10H,3-5H2,1-2H3. The Bertz CT molecular complexity index is 252. The molecule has 1 rings (SSSR count).